The minimum absolute atomic E-state index is 0. The average molecular weight is 541 g/mol. The summed E-state index contributed by atoms with van der Waals surface area (Å²) in [5.74, 6) is -0.730. The van der Waals surface area contributed by atoms with Crippen molar-refractivity contribution in [1.82, 2.24) is 20.0 Å². The van der Waals surface area contributed by atoms with Gasteiger partial charge in [-0.05, 0) is 50.2 Å². The first kappa shape index (κ1) is 27.9. The van der Waals surface area contributed by atoms with Crippen molar-refractivity contribution in [2.24, 2.45) is 0 Å². The highest BCUT2D eigenvalue weighted by Gasteiger charge is 2.26. The van der Waals surface area contributed by atoms with Crippen LogP contribution in [0.5, 0.6) is 0 Å². The molecule has 0 unspecified atom stereocenters. The summed E-state index contributed by atoms with van der Waals surface area (Å²) >= 11 is 5.94. The van der Waals surface area contributed by atoms with Crippen LogP contribution < -0.4 is 16.2 Å². The molecular formula is C26H26Cl2N6O3. The van der Waals surface area contributed by atoms with Crippen LogP contribution in [0, 0.1) is 11.3 Å². The van der Waals surface area contributed by atoms with E-state index in [2.05, 4.69) is 15.7 Å². The lowest BCUT2D eigenvalue weighted by molar-refractivity contribution is -0.117. The quantitative estimate of drug-likeness (QED) is 0.512. The van der Waals surface area contributed by atoms with Gasteiger partial charge in [0.15, 0.2) is 0 Å². The van der Waals surface area contributed by atoms with Crippen LogP contribution in [0.15, 0.2) is 59.4 Å². The number of nitrogens with zero attached hydrogens (tertiary/aromatic N) is 4. The van der Waals surface area contributed by atoms with Crippen LogP contribution in [0.4, 0.5) is 5.69 Å². The number of halogens is 2. The molecule has 0 radical (unpaired) electrons. The van der Waals surface area contributed by atoms with Gasteiger partial charge in [0.05, 0.1) is 17.3 Å². The fraction of sp³-hybridized carbons (Fsp3) is 0.269. The molecular weight excluding hydrogens is 515 g/mol. The van der Waals surface area contributed by atoms with Gasteiger partial charge < -0.3 is 15.5 Å². The van der Waals surface area contributed by atoms with E-state index in [-0.39, 0.29) is 42.5 Å². The molecule has 1 saturated heterocycles. The maximum Gasteiger partial charge on any atom is 0.267 e. The molecule has 1 fully saturated rings. The molecule has 1 aliphatic rings. The van der Waals surface area contributed by atoms with Crippen LogP contribution in [0.25, 0.3) is 11.3 Å². The van der Waals surface area contributed by atoms with E-state index in [1.807, 2.05) is 19.9 Å². The Bertz CT molecular complexity index is 1390. The third-order valence-corrected chi connectivity index (χ3v) is 5.99. The number of carbonyl (C=O) groups excluding carboxylic acids is 2. The number of hydrogen-bond acceptors (Lipinski definition) is 6. The summed E-state index contributed by atoms with van der Waals surface area (Å²) in [7, 11) is 0. The van der Waals surface area contributed by atoms with Gasteiger partial charge in [0.1, 0.15) is 6.54 Å². The van der Waals surface area contributed by atoms with E-state index in [0.717, 1.165) is 10.2 Å². The van der Waals surface area contributed by atoms with Crippen molar-refractivity contribution in [2.45, 2.75) is 32.5 Å². The number of carbonyl (C=O) groups is 2. The summed E-state index contributed by atoms with van der Waals surface area (Å²) < 4.78 is 1.06. The Morgan fingerprint density at radius 1 is 1.11 bits per heavy atom. The molecule has 9 nitrogen and oxygen atoms in total. The van der Waals surface area contributed by atoms with Crippen LogP contribution in [-0.4, -0.2) is 51.7 Å². The van der Waals surface area contributed by atoms with Crippen LogP contribution in [0.3, 0.4) is 0 Å². The van der Waals surface area contributed by atoms with Crippen molar-refractivity contribution < 1.29 is 9.59 Å². The van der Waals surface area contributed by atoms with Crippen molar-refractivity contribution >= 4 is 41.5 Å². The first-order chi connectivity index (χ1) is 17.2. The molecule has 2 atom stereocenters. The van der Waals surface area contributed by atoms with E-state index < -0.39 is 11.5 Å². The molecule has 192 valence electrons. The largest absolute Gasteiger partial charge is 0.336 e. The summed E-state index contributed by atoms with van der Waals surface area (Å²) in [5.41, 5.74) is 1.66. The number of aromatic nitrogens is 2. The summed E-state index contributed by atoms with van der Waals surface area (Å²) in [5, 5.41) is 20.4. The SMILES string of the molecule is C[C@@H]1CN(C(=O)c2cc(C#N)cc(NC(=O)Cn3nc(-c4ccc(Cl)cc4)ccc3=O)c2)C[C@H](C)N1.Cl. The highest BCUT2D eigenvalue weighted by Crippen LogP contribution is 2.20. The van der Waals surface area contributed by atoms with Crippen molar-refractivity contribution in [1.29, 1.82) is 5.26 Å². The van der Waals surface area contributed by atoms with E-state index in [4.69, 9.17) is 11.6 Å². The monoisotopic (exact) mass is 540 g/mol. The van der Waals surface area contributed by atoms with Crippen LogP contribution >= 0.6 is 24.0 Å². The van der Waals surface area contributed by atoms with Crippen molar-refractivity contribution in [3.63, 3.8) is 0 Å². The Morgan fingerprint density at radius 3 is 2.43 bits per heavy atom. The number of rotatable bonds is 5. The number of nitrogens with one attached hydrogen (secondary N) is 2. The molecule has 2 amide bonds. The van der Waals surface area contributed by atoms with E-state index in [1.165, 1.54) is 18.2 Å². The predicted molar refractivity (Wildman–Crippen MR) is 144 cm³/mol. The first-order valence-electron chi connectivity index (χ1n) is 11.5. The summed E-state index contributed by atoms with van der Waals surface area (Å²) in [4.78, 5) is 40.0. The Hall–Kier alpha value is -3.71. The van der Waals surface area contributed by atoms with Crippen molar-refractivity contribution in [3.8, 4) is 17.3 Å². The molecule has 1 aromatic heterocycles. The molecule has 2 heterocycles. The number of amides is 2. The van der Waals surface area contributed by atoms with Gasteiger partial charge in [-0.2, -0.15) is 10.4 Å². The summed E-state index contributed by atoms with van der Waals surface area (Å²) in [6, 6.07) is 16.7. The van der Waals surface area contributed by atoms with Gasteiger partial charge in [-0.25, -0.2) is 4.68 Å². The number of benzene rings is 2. The Morgan fingerprint density at radius 2 is 1.78 bits per heavy atom. The molecule has 0 bridgehead atoms. The summed E-state index contributed by atoms with van der Waals surface area (Å²) in [6.45, 7) is 4.75. The number of piperazine rings is 1. The fourth-order valence-corrected chi connectivity index (χ4v) is 4.36. The lowest BCUT2D eigenvalue weighted by Gasteiger charge is -2.36. The number of anilines is 1. The van der Waals surface area contributed by atoms with Gasteiger partial charge in [-0.3, -0.25) is 14.4 Å². The van der Waals surface area contributed by atoms with Crippen LogP contribution in [-0.2, 0) is 11.3 Å². The van der Waals surface area contributed by atoms with Crippen LogP contribution in [0.1, 0.15) is 29.8 Å². The number of hydrogen-bond donors (Lipinski definition) is 2. The van der Waals surface area contributed by atoms with Gasteiger partial charge in [-0.1, -0.05) is 23.7 Å². The molecule has 4 rings (SSSR count). The zero-order valence-corrected chi connectivity index (χ0v) is 21.8. The predicted octanol–water partition coefficient (Wildman–Crippen LogP) is 3.32. The molecule has 3 aromatic rings. The molecule has 11 heteroatoms. The molecule has 0 aliphatic carbocycles. The van der Waals surface area contributed by atoms with Crippen molar-refractivity contribution in [2.75, 3.05) is 18.4 Å². The van der Waals surface area contributed by atoms with Gasteiger partial charge in [-0.15, -0.1) is 12.4 Å². The van der Waals surface area contributed by atoms with E-state index in [0.29, 0.717) is 35.1 Å². The molecule has 2 N–H and O–H groups in total. The second-order valence-electron chi connectivity index (χ2n) is 8.86. The van der Waals surface area contributed by atoms with Crippen LogP contribution in [0.2, 0.25) is 5.02 Å². The van der Waals surface area contributed by atoms with Gasteiger partial charge >= 0.3 is 0 Å². The Kier molecular flexibility index (Phi) is 9.05. The highest BCUT2D eigenvalue weighted by molar-refractivity contribution is 6.30. The van der Waals surface area contributed by atoms with E-state index in [9.17, 15) is 19.6 Å². The third-order valence-electron chi connectivity index (χ3n) is 5.74. The smallest absolute Gasteiger partial charge is 0.267 e. The fourth-order valence-electron chi connectivity index (χ4n) is 4.24. The molecule has 37 heavy (non-hydrogen) atoms. The van der Waals surface area contributed by atoms with Crippen molar-refractivity contribution in [3.05, 3.63) is 81.1 Å². The second-order valence-corrected chi connectivity index (χ2v) is 9.30. The second kappa shape index (κ2) is 12.0. The molecule has 1 aliphatic heterocycles. The Balaban J connectivity index is 0.00000380. The maximum atomic E-state index is 13.1. The van der Waals surface area contributed by atoms with E-state index >= 15 is 0 Å². The minimum Gasteiger partial charge on any atom is -0.336 e. The lowest BCUT2D eigenvalue weighted by atomic mass is 10.1. The topological polar surface area (TPSA) is 120 Å². The average Bonchev–Trinajstić information content (AvgIpc) is 2.84. The van der Waals surface area contributed by atoms with Gasteiger partial charge in [0.2, 0.25) is 5.91 Å². The standard InChI is InChI=1S/C26H25ClN6O3.ClH/c1-16-13-32(14-17(2)29-16)26(36)20-9-18(12-28)10-22(11-20)30-24(34)15-33-25(35)8-7-23(31-33)19-3-5-21(27)6-4-19;/h3-11,16-17,29H,13-15H2,1-2H3,(H,30,34);1H/t16-,17+;. The van der Waals surface area contributed by atoms with Gasteiger partial charge in [0.25, 0.3) is 11.5 Å². The Labute approximate surface area is 225 Å². The lowest BCUT2D eigenvalue weighted by Crippen LogP contribution is -2.55. The normalized spacial score (nSPS) is 16.9. The molecule has 2 aromatic carbocycles. The zero-order valence-electron chi connectivity index (χ0n) is 20.3. The maximum absolute atomic E-state index is 13.1. The summed E-state index contributed by atoms with van der Waals surface area (Å²) in [6.07, 6.45) is 0. The molecule has 0 spiro atoms. The highest BCUT2D eigenvalue weighted by atomic mass is 35.5. The first-order valence-corrected chi connectivity index (χ1v) is 11.8. The van der Waals surface area contributed by atoms with E-state index in [1.54, 1.807) is 41.3 Å². The third kappa shape index (κ3) is 6.95. The number of nitriles is 1. The van der Waals surface area contributed by atoms with Gasteiger partial charge in [0, 0.05) is 53.1 Å². The zero-order chi connectivity index (χ0) is 25.8. The minimum atomic E-state index is -0.518. The molecule has 0 saturated carbocycles.